The van der Waals surface area contributed by atoms with Gasteiger partial charge in [0.2, 0.25) is 0 Å². The maximum absolute atomic E-state index is 9.85. The summed E-state index contributed by atoms with van der Waals surface area (Å²) in [7, 11) is 3.19. The summed E-state index contributed by atoms with van der Waals surface area (Å²) in [5.41, 5.74) is 10.6. The molecule has 1 aromatic heterocycles. The number of anilines is 1. The number of nitrogens with two attached hydrogens (primary N) is 1. The topological polar surface area (TPSA) is 93.7 Å². The van der Waals surface area contributed by atoms with Gasteiger partial charge in [0.25, 0.3) is 0 Å². The first kappa shape index (κ1) is 19.0. The molecule has 7 heteroatoms. The quantitative estimate of drug-likeness (QED) is 0.645. The summed E-state index contributed by atoms with van der Waals surface area (Å²) >= 11 is 0. The summed E-state index contributed by atoms with van der Waals surface area (Å²) in [5, 5.41) is 9.85. The second-order valence-electron chi connectivity index (χ2n) is 7.08. The van der Waals surface area contributed by atoms with Gasteiger partial charge in [-0.2, -0.15) is 0 Å². The van der Waals surface area contributed by atoms with E-state index >= 15 is 0 Å². The van der Waals surface area contributed by atoms with Crippen LogP contribution in [0.3, 0.4) is 0 Å². The van der Waals surface area contributed by atoms with Crippen molar-refractivity contribution in [2.45, 2.75) is 19.5 Å². The number of hydrogen-bond acceptors (Lipinski definition) is 7. The molecule has 0 fully saturated rings. The fraction of sp³-hybridized carbons (Fsp3) is 0.273. The van der Waals surface area contributed by atoms with E-state index < -0.39 is 0 Å². The molecule has 0 unspecified atom stereocenters. The highest BCUT2D eigenvalue weighted by molar-refractivity contribution is 5.59. The van der Waals surface area contributed by atoms with Crippen LogP contribution in [-0.2, 0) is 19.5 Å². The number of fused-ring (bicyclic) bond motifs is 1. The maximum atomic E-state index is 9.85. The zero-order valence-corrected chi connectivity index (χ0v) is 16.6. The first-order valence-corrected chi connectivity index (χ1v) is 9.44. The molecule has 0 bridgehead atoms. The van der Waals surface area contributed by atoms with Crippen LogP contribution < -0.4 is 15.2 Å². The van der Waals surface area contributed by atoms with Crippen molar-refractivity contribution in [3.8, 4) is 28.6 Å². The Morgan fingerprint density at radius 3 is 2.45 bits per heavy atom. The predicted octanol–water partition coefficient (Wildman–Crippen LogP) is 3.01. The Labute approximate surface area is 169 Å². The van der Waals surface area contributed by atoms with Crippen molar-refractivity contribution < 1.29 is 14.6 Å². The smallest absolute Gasteiger partial charge is 0.159 e. The van der Waals surface area contributed by atoms with Crippen LogP contribution in [0.4, 0.5) is 5.69 Å². The zero-order chi connectivity index (χ0) is 20.4. The molecule has 150 valence electrons. The number of nitrogens with zero attached hydrogens (tertiary/aromatic N) is 3. The van der Waals surface area contributed by atoms with Gasteiger partial charge in [-0.25, -0.2) is 9.97 Å². The number of rotatable bonds is 5. The minimum absolute atomic E-state index is 0.120. The van der Waals surface area contributed by atoms with E-state index in [0.717, 1.165) is 53.4 Å². The first-order valence-electron chi connectivity index (χ1n) is 9.44. The fourth-order valence-corrected chi connectivity index (χ4v) is 3.63. The monoisotopic (exact) mass is 392 g/mol. The zero-order valence-electron chi connectivity index (χ0n) is 16.6. The normalized spacial score (nSPS) is 13.7. The van der Waals surface area contributed by atoms with Gasteiger partial charge in [-0.05, 0) is 24.3 Å². The highest BCUT2D eigenvalue weighted by Gasteiger charge is 2.22. The number of ether oxygens (including phenoxy) is 2. The number of hydrogen-bond donors (Lipinski definition) is 2. The van der Waals surface area contributed by atoms with E-state index in [1.807, 2.05) is 30.5 Å². The Morgan fingerprint density at radius 1 is 1.10 bits per heavy atom. The molecule has 7 nitrogen and oxygen atoms in total. The Balaban J connectivity index is 1.55. The molecule has 1 aliphatic rings. The molecule has 0 radical (unpaired) electrons. The van der Waals surface area contributed by atoms with Crippen LogP contribution in [0.5, 0.6) is 17.2 Å². The van der Waals surface area contributed by atoms with E-state index in [1.54, 1.807) is 26.4 Å². The van der Waals surface area contributed by atoms with Crippen molar-refractivity contribution in [1.82, 2.24) is 14.9 Å². The maximum Gasteiger partial charge on any atom is 0.159 e. The lowest BCUT2D eigenvalue weighted by atomic mass is 10.0. The second kappa shape index (κ2) is 7.97. The number of methoxy groups -OCH3 is 2. The van der Waals surface area contributed by atoms with Gasteiger partial charge in [-0.1, -0.05) is 0 Å². The minimum atomic E-state index is 0.120. The van der Waals surface area contributed by atoms with E-state index in [-0.39, 0.29) is 5.75 Å². The number of aromatic nitrogens is 2. The molecule has 0 amide bonds. The summed E-state index contributed by atoms with van der Waals surface area (Å²) in [4.78, 5) is 11.6. The van der Waals surface area contributed by atoms with Crippen LogP contribution >= 0.6 is 0 Å². The Hall–Kier alpha value is -3.32. The van der Waals surface area contributed by atoms with E-state index in [9.17, 15) is 5.11 Å². The van der Waals surface area contributed by atoms with Crippen molar-refractivity contribution in [2.24, 2.45) is 0 Å². The molecule has 0 aliphatic carbocycles. The second-order valence-corrected chi connectivity index (χ2v) is 7.08. The molecule has 1 aliphatic heterocycles. The predicted molar refractivity (Wildman–Crippen MR) is 111 cm³/mol. The van der Waals surface area contributed by atoms with Crippen molar-refractivity contribution in [3.05, 3.63) is 59.4 Å². The van der Waals surface area contributed by atoms with Crippen LogP contribution in [0, 0.1) is 0 Å². The van der Waals surface area contributed by atoms with E-state index in [4.69, 9.17) is 20.2 Å². The number of phenolic OH excluding ortho intramolecular Hbond substituents is 1. The van der Waals surface area contributed by atoms with E-state index in [2.05, 4.69) is 9.88 Å². The molecular formula is C22H24N4O3. The van der Waals surface area contributed by atoms with Gasteiger partial charge in [0.05, 0.1) is 25.5 Å². The Kier molecular flexibility index (Phi) is 5.22. The Morgan fingerprint density at radius 2 is 1.79 bits per heavy atom. The molecule has 4 rings (SSSR count). The van der Waals surface area contributed by atoms with Crippen molar-refractivity contribution in [2.75, 3.05) is 26.5 Å². The lowest BCUT2D eigenvalue weighted by molar-refractivity contribution is 0.234. The average molecular weight is 392 g/mol. The van der Waals surface area contributed by atoms with Gasteiger partial charge >= 0.3 is 0 Å². The molecule has 2 aromatic carbocycles. The summed E-state index contributed by atoms with van der Waals surface area (Å²) in [6.07, 6.45) is 2.74. The van der Waals surface area contributed by atoms with Gasteiger partial charge in [-0.3, -0.25) is 4.90 Å². The number of phenols is 1. The largest absolute Gasteiger partial charge is 0.508 e. The molecule has 3 N–H and O–H groups in total. The fourth-order valence-electron chi connectivity index (χ4n) is 3.63. The van der Waals surface area contributed by atoms with Crippen LogP contribution in [0.2, 0.25) is 0 Å². The third-order valence-electron chi connectivity index (χ3n) is 5.16. The van der Waals surface area contributed by atoms with Crippen molar-refractivity contribution in [1.29, 1.82) is 0 Å². The van der Waals surface area contributed by atoms with Crippen molar-refractivity contribution >= 4 is 5.69 Å². The van der Waals surface area contributed by atoms with Crippen LogP contribution in [-0.4, -0.2) is 40.7 Å². The third-order valence-corrected chi connectivity index (χ3v) is 5.16. The van der Waals surface area contributed by atoms with Gasteiger partial charge in [0.15, 0.2) is 5.82 Å². The molecule has 29 heavy (non-hydrogen) atoms. The van der Waals surface area contributed by atoms with Crippen molar-refractivity contribution in [3.63, 3.8) is 0 Å². The molecule has 0 saturated carbocycles. The summed E-state index contributed by atoms with van der Waals surface area (Å²) < 4.78 is 10.9. The van der Waals surface area contributed by atoms with E-state index in [1.165, 1.54) is 0 Å². The highest BCUT2D eigenvalue weighted by atomic mass is 16.5. The van der Waals surface area contributed by atoms with Crippen LogP contribution in [0.15, 0.2) is 42.6 Å². The highest BCUT2D eigenvalue weighted by Crippen LogP contribution is 2.35. The van der Waals surface area contributed by atoms with Gasteiger partial charge in [-0.15, -0.1) is 0 Å². The van der Waals surface area contributed by atoms with Gasteiger partial charge in [0, 0.05) is 61.2 Å². The van der Waals surface area contributed by atoms with Gasteiger partial charge in [0.1, 0.15) is 17.2 Å². The van der Waals surface area contributed by atoms with Gasteiger partial charge < -0.3 is 20.3 Å². The number of benzene rings is 2. The first-order chi connectivity index (χ1) is 14.1. The average Bonchev–Trinajstić information content (AvgIpc) is 2.74. The summed E-state index contributed by atoms with van der Waals surface area (Å²) in [5.74, 6) is 2.07. The third kappa shape index (κ3) is 3.95. The minimum Gasteiger partial charge on any atom is -0.508 e. The molecular weight excluding hydrogens is 368 g/mol. The number of aromatic hydroxyl groups is 1. The lowest BCUT2D eigenvalue weighted by Crippen LogP contribution is -2.31. The Bertz CT molecular complexity index is 996. The van der Waals surface area contributed by atoms with Crippen LogP contribution in [0.25, 0.3) is 11.4 Å². The molecule has 0 saturated heterocycles. The molecule has 2 heterocycles. The van der Waals surface area contributed by atoms with Crippen LogP contribution in [0.1, 0.15) is 16.8 Å². The molecule has 0 atom stereocenters. The van der Waals surface area contributed by atoms with E-state index in [0.29, 0.717) is 18.0 Å². The summed E-state index contributed by atoms with van der Waals surface area (Å²) in [6, 6.07) is 10.8. The summed E-state index contributed by atoms with van der Waals surface area (Å²) in [6.45, 7) is 2.24. The molecule has 0 spiro atoms. The number of nitrogen functional groups attached to an aromatic ring is 1. The SMILES string of the molecule is COc1cc(O)cc(OC)c1CN1CCc2nc(-c3ccc(N)cc3)ncc2C1. The molecule has 3 aromatic rings. The standard InChI is InChI=1S/C22H24N4O3/c1-28-20-9-17(27)10-21(29-2)18(20)13-26-8-7-19-15(12-26)11-24-22(25-19)14-3-5-16(23)6-4-14/h3-6,9-11,27H,7-8,12-13,23H2,1-2H3. The lowest BCUT2D eigenvalue weighted by Gasteiger charge is -2.29.